The van der Waals surface area contributed by atoms with Gasteiger partial charge in [-0.1, -0.05) is 0 Å². The van der Waals surface area contributed by atoms with E-state index < -0.39 is 0 Å². The van der Waals surface area contributed by atoms with E-state index in [9.17, 15) is 9.59 Å². The number of ether oxygens (including phenoxy) is 1. The third kappa shape index (κ3) is 5.19. The number of hydrogen-bond donors (Lipinski definition) is 0. The SMILES string of the molecule is CCOC(=O)CCC(=O)CCc1ncnn1C(C)C. The highest BCUT2D eigenvalue weighted by molar-refractivity contribution is 5.82. The predicted molar refractivity (Wildman–Crippen MR) is 69.6 cm³/mol. The summed E-state index contributed by atoms with van der Waals surface area (Å²) in [6, 6.07) is 0.229. The lowest BCUT2D eigenvalue weighted by atomic mass is 10.1. The fraction of sp³-hybridized carbons (Fsp3) is 0.692. The van der Waals surface area contributed by atoms with Crippen LogP contribution in [0.25, 0.3) is 0 Å². The van der Waals surface area contributed by atoms with Crippen molar-refractivity contribution in [2.24, 2.45) is 0 Å². The molecule has 19 heavy (non-hydrogen) atoms. The number of carbonyl (C=O) groups excluding carboxylic acids is 2. The first-order valence-electron chi connectivity index (χ1n) is 6.60. The molecule has 0 saturated carbocycles. The maximum Gasteiger partial charge on any atom is 0.306 e. The van der Waals surface area contributed by atoms with Crippen molar-refractivity contribution in [3.8, 4) is 0 Å². The second-order valence-corrected chi connectivity index (χ2v) is 4.56. The van der Waals surface area contributed by atoms with Crippen LogP contribution in [0.2, 0.25) is 0 Å². The lowest BCUT2D eigenvalue weighted by Crippen LogP contribution is -2.11. The Balaban J connectivity index is 2.34. The topological polar surface area (TPSA) is 74.1 Å². The maximum atomic E-state index is 11.7. The number of nitrogens with zero attached hydrogens (tertiary/aromatic N) is 3. The van der Waals surface area contributed by atoms with E-state index in [-0.39, 0.29) is 30.6 Å². The maximum absolute atomic E-state index is 11.7. The molecule has 0 fully saturated rings. The second kappa shape index (κ2) is 7.66. The minimum Gasteiger partial charge on any atom is -0.466 e. The van der Waals surface area contributed by atoms with Crippen molar-refractivity contribution in [3.05, 3.63) is 12.2 Å². The monoisotopic (exact) mass is 267 g/mol. The van der Waals surface area contributed by atoms with E-state index in [4.69, 9.17) is 4.74 Å². The first-order valence-corrected chi connectivity index (χ1v) is 6.60. The number of carbonyl (C=O) groups is 2. The second-order valence-electron chi connectivity index (χ2n) is 4.56. The van der Waals surface area contributed by atoms with E-state index in [2.05, 4.69) is 10.1 Å². The van der Waals surface area contributed by atoms with E-state index in [1.165, 1.54) is 6.33 Å². The van der Waals surface area contributed by atoms with Crippen LogP contribution >= 0.6 is 0 Å². The van der Waals surface area contributed by atoms with E-state index in [0.717, 1.165) is 5.82 Å². The van der Waals surface area contributed by atoms with Crippen LogP contribution in [-0.2, 0) is 20.7 Å². The number of esters is 1. The summed E-state index contributed by atoms with van der Waals surface area (Å²) in [7, 11) is 0. The summed E-state index contributed by atoms with van der Waals surface area (Å²) < 4.78 is 6.58. The Morgan fingerprint density at radius 3 is 2.68 bits per heavy atom. The molecule has 0 unspecified atom stereocenters. The van der Waals surface area contributed by atoms with Crippen LogP contribution in [0.15, 0.2) is 6.33 Å². The minimum atomic E-state index is -0.318. The molecule has 0 spiro atoms. The van der Waals surface area contributed by atoms with Crippen molar-refractivity contribution in [1.29, 1.82) is 0 Å². The first kappa shape index (κ1) is 15.3. The fourth-order valence-corrected chi connectivity index (χ4v) is 1.74. The molecular formula is C13H21N3O3. The average molecular weight is 267 g/mol. The van der Waals surface area contributed by atoms with Gasteiger partial charge in [-0.05, 0) is 20.8 Å². The molecule has 1 aromatic heterocycles. The number of hydrogen-bond acceptors (Lipinski definition) is 5. The molecule has 0 aliphatic heterocycles. The highest BCUT2D eigenvalue weighted by Gasteiger charge is 2.11. The zero-order valence-electron chi connectivity index (χ0n) is 11.8. The van der Waals surface area contributed by atoms with Crippen molar-refractivity contribution >= 4 is 11.8 Å². The van der Waals surface area contributed by atoms with Gasteiger partial charge < -0.3 is 4.74 Å². The van der Waals surface area contributed by atoms with Crippen LogP contribution < -0.4 is 0 Å². The number of ketones is 1. The summed E-state index contributed by atoms with van der Waals surface area (Å²) in [5.74, 6) is 0.534. The third-order valence-corrected chi connectivity index (χ3v) is 2.68. The van der Waals surface area contributed by atoms with Crippen LogP contribution in [0.1, 0.15) is 51.9 Å². The molecule has 0 N–H and O–H groups in total. The summed E-state index contributed by atoms with van der Waals surface area (Å²) in [5.41, 5.74) is 0. The van der Waals surface area contributed by atoms with Crippen molar-refractivity contribution in [2.75, 3.05) is 6.61 Å². The summed E-state index contributed by atoms with van der Waals surface area (Å²) in [6.45, 7) is 6.13. The molecule has 0 amide bonds. The quantitative estimate of drug-likeness (QED) is 0.670. The number of aryl methyl sites for hydroxylation is 1. The van der Waals surface area contributed by atoms with Crippen LogP contribution in [0.4, 0.5) is 0 Å². The number of Topliss-reactive ketones (excluding diaryl/α,β-unsaturated/α-hetero) is 1. The van der Waals surface area contributed by atoms with Crippen LogP contribution in [0, 0.1) is 0 Å². The predicted octanol–water partition coefficient (Wildman–Crippen LogP) is 1.70. The first-order chi connectivity index (χ1) is 9.04. The summed E-state index contributed by atoms with van der Waals surface area (Å²) >= 11 is 0. The summed E-state index contributed by atoms with van der Waals surface area (Å²) in [6.07, 6.45) is 2.82. The molecule has 6 nitrogen and oxygen atoms in total. The Kier molecular flexibility index (Phi) is 6.18. The Labute approximate surface area is 113 Å². The molecule has 0 bridgehead atoms. The molecule has 0 saturated heterocycles. The minimum absolute atomic E-state index is 0.0476. The molecule has 0 aromatic carbocycles. The standard InChI is InChI=1S/C13H21N3O3/c1-4-19-13(18)8-6-11(17)5-7-12-14-9-15-16(12)10(2)3/h9-10H,4-8H2,1-3H3. The molecule has 0 aliphatic carbocycles. The largest absolute Gasteiger partial charge is 0.466 e. The molecule has 0 radical (unpaired) electrons. The van der Waals surface area contributed by atoms with Gasteiger partial charge >= 0.3 is 5.97 Å². The van der Waals surface area contributed by atoms with Crippen LogP contribution in [-0.4, -0.2) is 33.1 Å². The van der Waals surface area contributed by atoms with E-state index in [1.807, 2.05) is 13.8 Å². The van der Waals surface area contributed by atoms with E-state index in [1.54, 1.807) is 11.6 Å². The molecule has 6 heteroatoms. The highest BCUT2D eigenvalue weighted by atomic mass is 16.5. The van der Waals surface area contributed by atoms with Crippen molar-refractivity contribution in [2.45, 2.75) is 52.5 Å². The van der Waals surface area contributed by atoms with Gasteiger partial charge in [0.25, 0.3) is 0 Å². The molecular weight excluding hydrogens is 246 g/mol. The van der Waals surface area contributed by atoms with Crippen molar-refractivity contribution in [1.82, 2.24) is 14.8 Å². The molecule has 1 heterocycles. The molecule has 1 aromatic rings. The summed E-state index contributed by atoms with van der Waals surface area (Å²) in [5, 5.41) is 4.11. The van der Waals surface area contributed by atoms with Gasteiger partial charge in [0.15, 0.2) is 0 Å². The van der Waals surface area contributed by atoms with Gasteiger partial charge in [0.2, 0.25) is 0 Å². The van der Waals surface area contributed by atoms with Crippen LogP contribution in [0.3, 0.4) is 0 Å². The lowest BCUT2D eigenvalue weighted by molar-refractivity contribution is -0.144. The zero-order chi connectivity index (χ0) is 14.3. The van der Waals surface area contributed by atoms with Crippen molar-refractivity contribution in [3.63, 3.8) is 0 Å². The van der Waals surface area contributed by atoms with Gasteiger partial charge in [0.1, 0.15) is 17.9 Å². The Morgan fingerprint density at radius 2 is 2.05 bits per heavy atom. The number of aromatic nitrogens is 3. The van der Waals surface area contributed by atoms with Gasteiger partial charge in [-0.15, -0.1) is 0 Å². The van der Waals surface area contributed by atoms with Gasteiger partial charge in [-0.25, -0.2) is 9.67 Å². The van der Waals surface area contributed by atoms with Gasteiger partial charge in [0.05, 0.1) is 13.0 Å². The summed E-state index contributed by atoms with van der Waals surface area (Å²) in [4.78, 5) is 26.9. The van der Waals surface area contributed by atoms with Gasteiger partial charge in [-0.3, -0.25) is 9.59 Å². The molecule has 1 rings (SSSR count). The van der Waals surface area contributed by atoms with E-state index in [0.29, 0.717) is 19.4 Å². The Hall–Kier alpha value is -1.72. The smallest absolute Gasteiger partial charge is 0.306 e. The van der Waals surface area contributed by atoms with Crippen LogP contribution in [0.5, 0.6) is 0 Å². The normalized spacial score (nSPS) is 10.7. The molecule has 0 aliphatic rings. The highest BCUT2D eigenvalue weighted by Crippen LogP contribution is 2.08. The van der Waals surface area contributed by atoms with E-state index >= 15 is 0 Å². The van der Waals surface area contributed by atoms with Crippen molar-refractivity contribution < 1.29 is 14.3 Å². The third-order valence-electron chi connectivity index (χ3n) is 2.68. The van der Waals surface area contributed by atoms with Gasteiger partial charge in [-0.2, -0.15) is 5.10 Å². The fourth-order valence-electron chi connectivity index (χ4n) is 1.74. The Morgan fingerprint density at radius 1 is 1.32 bits per heavy atom. The molecule has 106 valence electrons. The van der Waals surface area contributed by atoms with Gasteiger partial charge in [0, 0.05) is 25.3 Å². The molecule has 0 atom stereocenters. The zero-order valence-corrected chi connectivity index (χ0v) is 11.8. The average Bonchev–Trinajstić information content (AvgIpc) is 2.82. The number of rotatable bonds is 8. The lowest BCUT2D eigenvalue weighted by Gasteiger charge is -2.08. The Bertz CT molecular complexity index is 427.